The minimum atomic E-state index is -0.875. The Balaban J connectivity index is 2.16. The molecule has 84 valence electrons. The summed E-state index contributed by atoms with van der Waals surface area (Å²) in [5.41, 5.74) is 3.12. The zero-order chi connectivity index (χ0) is 11.7. The van der Waals surface area contributed by atoms with Gasteiger partial charge in [0, 0.05) is 5.56 Å². The lowest BCUT2D eigenvalue weighted by molar-refractivity contribution is 0.0226. The first kappa shape index (κ1) is 10.1. The molecule has 3 rings (SSSR count). The van der Waals surface area contributed by atoms with E-state index in [9.17, 15) is 5.11 Å². The van der Waals surface area contributed by atoms with Crippen LogP contribution in [0.3, 0.4) is 0 Å². The third-order valence-corrected chi connectivity index (χ3v) is 2.82. The van der Waals surface area contributed by atoms with Crippen molar-refractivity contribution in [3.63, 3.8) is 0 Å². The van der Waals surface area contributed by atoms with Crippen molar-refractivity contribution in [1.29, 1.82) is 0 Å². The van der Waals surface area contributed by atoms with E-state index < -0.39 is 6.29 Å². The maximum absolute atomic E-state index is 9.69. The highest BCUT2D eigenvalue weighted by Gasteiger charge is 2.19. The Morgan fingerprint density at radius 3 is 2.41 bits per heavy atom. The largest absolute Gasteiger partial charge is 0.461 e. The van der Waals surface area contributed by atoms with E-state index in [-0.39, 0.29) is 0 Å². The van der Waals surface area contributed by atoms with Crippen LogP contribution in [0.2, 0.25) is 0 Å². The number of aliphatic hydroxyl groups is 1. The predicted molar refractivity (Wildman–Crippen MR) is 66.6 cm³/mol. The molecule has 17 heavy (non-hydrogen) atoms. The maximum Gasteiger partial charge on any atom is 0.218 e. The molecular formula is C15H12O2. The van der Waals surface area contributed by atoms with Crippen LogP contribution < -0.4 is 4.74 Å². The summed E-state index contributed by atoms with van der Waals surface area (Å²) in [4.78, 5) is 0. The van der Waals surface area contributed by atoms with Crippen LogP contribution >= 0.6 is 0 Å². The van der Waals surface area contributed by atoms with Crippen molar-refractivity contribution in [2.75, 3.05) is 0 Å². The summed E-state index contributed by atoms with van der Waals surface area (Å²) in [5.74, 6) is 0.723. The molecule has 0 spiro atoms. The van der Waals surface area contributed by atoms with Crippen molar-refractivity contribution in [1.82, 2.24) is 0 Å². The van der Waals surface area contributed by atoms with Crippen molar-refractivity contribution in [2.45, 2.75) is 6.29 Å². The van der Waals surface area contributed by atoms with Gasteiger partial charge in [-0.05, 0) is 23.3 Å². The van der Waals surface area contributed by atoms with Gasteiger partial charge in [-0.25, -0.2) is 0 Å². The van der Waals surface area contributed by atoms with Crippen molar-refractivity contribution in [3.8, 4) is 5.75 Å². The molecule has 1 aliphatic heterocycles. The Morgan fingerprint density at radius 2 is 1.59 bits per heavy atom. The molecule has 2 aromatic carbocycles. The Labute approximate surface area is 99.8 Å². The molecule has 2 aromatic rings. The van der Waals surface area contributed by atoms with Gasteiger partial charge in [0.2, 0.25) is 6.29 Å². The molecule has 0 aromatic heterocycles. The molecule has 0 saturated heterocycles. The average Bonchev–Trinajstić information content (AvgIpc) is 2.39. The third-order valence-electron chi connectivity index (χ3n) is 2.82. The van der Waals surface area contributed by atoms with Gasteiger partial charge < -0.3 is 9.84 Å². The van der Waals surface area contributed by atoms with E-state index in [1.54, 1.807) is 6.08 Å². The number of fused-ring (bicyclic) bond motifs is 1. The van der Waals surface area contributed by atoms with Gasteiger partial charge in [-0.1, -0.05) is 48.5 Å². The van der Waals surface area contributed by atoms with Gasteiger partial charge in [-0.15, -0.1) is 0 Å². The topological polar surface area (TPSA) is 29.5 Å². The molecular weight excluding hydrogens is 212 g/mol. The highest BCUT2D eigenvalue weighted by atomic mass is 16.6. The summed E-state index contributed by atoms with van der Waals surface area (Å²) >= 11 is 0. The van der Waals surface area contributed by atoms with Crippen LogP contribution in [0.15, 0.2) is 60.7 Å². The molecule has 0 saturated carbocycles. The fourth-order valence-corrected chi connectivity index (χ4v) is 2.06. The second-order valence-electron chi connectivity index (χ2n) is 3.95. The van der Waals surface area contributed by atoms with E-state index in [1.807, 2.05) is 54.6 Å². The van der Waals surface area contributed by atoms with E-state index in [2.05, 4.69) is 0 Å². The molecule has 0 aliphatic carbocycles. The minimum Gasteiger partial charge on any atom is -0.461 e. The number of para-hydroxylation sites is 1. The molecule has 1 aliphatic rings. The summed E-state index contributed by atoms with van der Waals surface area (Å²) in [6.07, 6.45) is 0.859. The van der Waals surface area contributed by atoms with Crippen molar-refractivity contribution >= 4 is 5.57 Å². The molecule has 1 unspecified atom stereocenters. The van der Waals surface area contributed by atoms with E-state index in [0.717, 1.165) is 22.4 Å². The zero-order valence-corrected chi connectivity index (χ0v) is 9.21. The average molecular weight is 224 g/mol. The Morgan fingerprint density at radius 1 is 0.882 bits per heavy atom. The lowest BCUT2D eigenvalue weighted by Gasteiger charge is -2.22. The van der Waals surface area contributed by atoms with Crippen molar-refractivity contribution in [3.05, 3.63) is 71.8 Å². The summed E-state index contributed by atoms with van der Waals surface area (Å²) in [6, 6.07) is 17.7. The number of aliphatic hydroxyl groups excluding tert-OH is 1. The Bertz CT molecular complexity index is 558. The smallest absolute Gasteiger partial charge is 0.218 e. The minimum absolute atomic E-state index is 0.723. The molecule has 1 heterocycles. The van der Waals surface area contributed by atoms with Gasteiger partial charge >= 0.3 is 0 Å². The first-order chi connectivity index (χ1) is 8.34. The second-order valence-corrected chi connectivity index (χ2v) is 3.95. The van der Waals surface area contributed by atoms with Gasteiger partial charge in [-0.3, -0.25) is 0 Å². The van der Waals surface area contributed by atoms with Crippen LogP contribution in [0.1, 0.15) is 11.1 Å². The highest BCUT2D eigenvalue weighted by molar-refractivity contribution is 5.83. The molecule has 1 atom stereocenters. The molecule has 0 amide bonds. The molecule has 0 fully saturated rings. The number of benzene rings is 2. The Hall–Kier alpha value is -2.06. The number of rotatable bonds is 1. The third kappa shape index (κ3) is 1.83. The quantitative estimate of drug-likeness (QED) is 0.807. The van der Waals surface area contributed by atoms with Gasteiger partial charge in [0.15, 0.2) is 0 Å². The Kier molecular flexibility index (Phi) is 2.42. The van der Waals surface area contributed by atoms with E-state index in [0.29, 0.717) is 0 Å². The molecule has 0 bridgehead atoms. The fraction of sp³-hybridized carbons (Fsp3) is 0.0667. The molecule has 2 nitrogen and oxygen atoms in total. The maximum atomic E-state index is 9.69. The number of ether oxygens (including phenoxy) is 1. The van der Waals surface area contributed by atoms with Crippen molar-refractivity contribution < 1.29 is 9.84 Å². The lowest BCUT2D eigenvalue weighted by atomic mass is 9.95. The standard InChI is InChI=1S/C15H12O2/c16-15-10-13(11-6-2-1-3-7-11)12-8-4-5-9-14(12)17-15/h1-10,15-16H. The van der Waals surface area contributed by atoms with Crippen LogP contribution in [-0.4, -0.2) is 11.4 Å². The summed E-state index contributed by atoms with van der Waals surface area (Å²) in [6.45, 7) is 0. The predicted octanol–water partition coefficient (Wildman–Crippen LogP) is 2.83. The van der Waals surface area contributed by atoms with E-state index in [1.165, 1.54) is 0 Å². The first-order valence-electron chi connectivity index (χ1n) is 5.56. The number of hydrogen-bond donors (Lipinski definition) is 1. The molecule has 2 heteroatoms. The summed E-state index contributed by atoms with van der Waals surface area (Å²) < 4.78 is 5.36. The van der Waals surface area contributed by atoms with E-state index >= 15 is 0 Å². The van der Waals surface area contributed by atoms with Gasteiger partial charge in [-0.2, -0.15) is 0 Å². The van der Waals surface area contributed by atoms with E-state index in [4.69, 9.17) is 4.74 Å². The SMILES string of the molecule is OC1C=C(c2ccccc2)c2ccccc2O1. The van der Waals surface area contributed by atoms with Crippen molar-refractivity contribution in [2.24, 2.45) is 0 Å². The second kappa shape index (κ2) is 4.07. The zero-order valence-electron chi connectivity index (χ0n) is 9.21. The van der Waals surface area contributed by atoms with Gasteiger partial charge in [0.25, 0.3) is 0 Å². The lowest BCUT2D eigenvalue weighted by Crippen LogP contribution is -2.17. The van der Waals surface area contributed by atoms with Crippen LogP contribution in [-0.2, 0) is 0 Å². The van der Waals surface area contributed by atoms with Crippen LogP contribution in [0.25, 0.3) is 5.57 Å². The van der Waals surface area contributed by atoms with Crippen LogP contribution in [0, 0.1) is 0 Å². The molecule has 0 radical (unpaired) electrons. The highest BCUT2D eigenvalue weighted by Crippen LogP contribution is 2.35. The van der Waals surface area contributed by atoms with Crippen LogP contribution in [0.4, 0.5) is 0 Å². The summed E-state index contributed by atoms with van der Waals surface area (Å²) in [7, 11) is 0. The van der Waals surface area contributed by atoms with Gasteiger partial charge in [0.1, 0.15) is 5.75 Å². The van der Waals surface area contributed by atoms with Gasteiger partial charge in [0.05, 0.1) is 0 Å². The number of hydrogen-bond acceptors (Lipinski definition) is 2. The normalized spacial score (nSPS) is 17.9. The monoisotopic (exact) mass is 224 g/mol. The molecule has 1 N–H and O–H groups in total. The summed E-state index contributed by atoms with van der Waals surface area (Å²) in [5, 5.41) is 9.69. The first-order valence-corrected chi connectivity index (χ1v) is 5.56. The van der Waals surface area contributed by atoms with Crippen LogP contribution in [0.5, 0.6) is 5.75 Å². The fourth-order valence-electron chi connectivity index (χ4n) is 2.06.